The van der Waals surface area contributed by atoms with Crippen molar-refractivity contribution < 1.29 is 24.5 Å². The van der Waals surface area contributed by atoms with Gasteiger partial charge in [0.1, 0.15) is 28.0 Å². The Balaban J connectivity index is 2.03. The molecule has 2 aliphatic rings. The van der Waals surface area contributed by atoms with Gasteiger partial charge in [0, 0.05) is 37.5 Å². The maximum absolute atomic E-state index is 13.3. The zero-order chi connectivity index (χ0) is 22.4. The number of esters is 1. The van der Waals surface area contributed by atoms with E-state index in [0.29, 0.717) is 22.3 Å². The van der Waals surface area contributed by atoms with Crippen molar-refractivity contribution in [1.82, 2.24) is 0 Å². The van der Waals surface area contributed by atoms with Gasteiger partial charge >= 0.3 is 5.97 Å². The zero-order valence-electron chi connectivity index (χ0n) is 14.7. The van der Waals surface area contributed by atoms with Crippen LogP contribution in [0.3, 0.4) is 0 Å². The first-order valence-electron chi connectivity index (χ1n) is 8.42. The minimum Gasteiger partial charge on any atom is -0.508 e. The maximum atomic E-state index is 13.3. The van der Waals surface area contributed by atoms with Crippen LogP contribution in [0.4, 0.5) is 0 Å². The van der Waals surface area contributed by atoms with E-state index in [2.05, 4.69) is 90.4 Å². The lowest BCUT2D eigenvalue weighted by molar-refractivity contribution is 0.0222. The Hall–Kier alpha value is 0.0300. The fraction of sp³-hybridized carbons (Fsp3) is 0.0500. The molecular formula is C20H6Cl2I4O5. The largest absolute Gasteiger partial charge is 0.508 e. The van der Waals surface area contributed by atoms with Gasteiger partial charge in [-0.3, -0.25) is 0 Å². The highest BCUT2D eigenvalue weighted by Crippen LogP contribution is 2.61. The van der Waals surface area contributed by atoms with Crippen LogP contribution in [0.5, 0.6) is 23.0 Å². The summed E-state index contributed by atoms with van der Waals surface area (Å²) in [5.74, 6) is -0.322. The van der Waals surface area contributed by atoms with E-state index in [0.717, 1.165) is 14.3 Å². The summed E-state index contributed by atoms with van der Waals surface area (Å²) < 4.78 is 15.6. The molecular weight excluding hydrogens is 899 g/mol. The quantitative estimate of drug-likeness (QED) is 0.107. The van der Waals surface area contributed by atoms with Gasteiger partial charge in [-0.05, 0) is 102 Å². The number of carbonyl (C=O) groups excluding carboxylic acids is 1. The number of ether oxygens (including phenoxy) is 2. The Morgan fingerprint density at radius 3 is 2.23 bits per heavy atom. The molecule has 1 unspecified atom stereocenters. The van der Waals surface area contributed by atoms with Gasteiger partial charge in [-0.25, -0.2) is 4.79 Å². The van der Waals surface area contributed by atoms with Crippen LogP contribution < -0.4 is 4.74 Å². The molecule has 5 nitrogen and oxygen atoms in total. The second-order valence-electron chi connectivity index (χ2n) is 6.76. The van der Waals surface area contributed by atoms with E-state index < -0.39 is 11.6 Å². The number of rotatable bonds is 0. The lowest BCUT2D eigenvalue weighted by Gasteiger charge is -2.38. The summed E-state index contributed by atoms with van der Waals surface area (Å²) in [5.41, 5.74) is 0.444. The standard InChI is InChI=1S/C20H6Cl2I4O5/c21-13-7(28)4-9-11(14(13)22)20(6-2-1-5(27)3-8(6)30-9)12-10(19(29)31-20)15(23)17(25)18(26)16(12)24/h1-4,27-28H. The third kappa shape index (κ3) is 3.04. The molecule has 1 spiro atoms. The van der Waals surface area contributed by atoms with E-state index in [1.165, 1.54) is 18.2 Å². The van der Waals surface area contributed by atoms with Crippen molar-refractivity contribution >= 4 is 120 Å². The predicted octanol–water partition coefficient (Wildman–Crippen LogP) is 7.39. The summed E-state index contributed by atoms with van der Waals surface area (Å²) >= 11 is 21.7. The van der Waals surface area contributed by atoms with Crippen LogP contribution in [-0.4, -0.2) is 16.2 Å². The predicted molar refractivity (Wildman–Crippen MR) is 149 cm³/mol. The molecule has 0 saturated carbocycles. The molecule has 0 aromatic heterocycles. The highest BCUT2D eigenvalue weighted by Gasteiger charge is 2.57. The average Bonchev–Trinajstić information content (AvgIpc) is 3.01. The molecule has 0 amide bonds. The van der Waals surface area contributed by atoms with Gasteiger partial charge in [0.25, 0.3) is 0 Å². The summed E-state index contributed by atoms with van der Waals surface area (Å²) in [7, 11) is 0. The normalized spacial score (nSPS) is 18.3. The van der Waals surface area contributed by atoms with Gasteiger partial charge in [-0.2, -0.15) is 0 Å². The smallest absolute Gasteiger partial charge is 0.341 e. The second kappa shape index (κ2) is 7.78. The zero-order valence-corrected chi connectivity index (χ0v) is 24.8. The highest BCUT2D eigenvalue weighted by molar-refractivity contribution is 14.1. The molecule has 11 heteroatoms. The minimum absolute atomic E-state index is 0.0207. The molecule has 0 bridgehead atoms. The van der Waals surface area contributed by atoms with Crippen LogP contribution in [0.1, 0.15) is 27.0 Å². The number of carbonyl (C=O) groups is 1. The van der Waals surface area contributed by atoms with E-state index in [-0.39, 0.29) is 33.0 Å². The Morgan fingerprint density at radius 2 is 1.52 bits per heavy atom. The Morgan fingerprint density at radius 1 is 0.839 bits per heavy atom. The third-order valence-electron chi connectivity index (χ3n) is 5.14. The van der Waals surface area contributed by atoms with Crippen LogP contribution in [-0.2, 0) is 10.3 Å². The lowest BCUT2D eigenvalue weighted by atomic mass is 9.77. The summed E-state index contributed by atoms with van der Waals surface area (Å²) in [5, 5.41) is 20.3. The van der Waals surface area contributed by atoms with E-state index in [9.17, 15) is 15.0 Å². The first-order chi connectivity index (χ1) is 14.6. The Labute approximate surface area is 240 Å². The fourth-order valence-corrected chi connectivity index (χ4v) is 8.16. The first kappa shape index (κ1) is 22.8. The van der Waals surface area contributed by atoms with Crippen molar-refractivity contribution in [3.05, 3.63) is 70.8 Å². The first-order valence-corrected chi connectivity index (χ1v) is 13.5. The van der Waals surface area contributed by atoms with E-state index in [1.54, 1.807) is 6.07 Å². The topological polar surface area (TPSA) is 76.0 Å². The monoisotopic (exact) mass is 904 g/mol. The lowest BCUT2D eigenvalue weighted by Crippen LogP contribution is -2.34. The molecule has 0 aliphatic carbocycles. The van der Waals surface area contributed by atoms with Gasteiger partial charge in [-0.1, -0.05) is 23.2 Å². The number of aromatic hydroxyl groups is 2. The average molecular weight is 905 g/mol. The summed E-state index contributed by atoms with van der Waals surface area (Å²) in [6, 6.07) is 5.90. The van der Waals surface area contributed by atoms with Crippen molar-refractivity contribution in [1.29, 1.82) is 0 Å². The Bertz CT molecular complexity index is 1360. The van der Waals surface area contributed by atoms with Crippen molar-refractivity contribution in [2.45, 2.75) is 5.60 Å². The van der Waals surface area contributed by atoms with Gasteiger partial charge in [0.05, 0.1) is 16.1 Å². The fourth-order valence-electron chi connectivity index (χ4n) is 3.90. The molecule has 2 heterocycles. The number of benzene rings is 3. The van der Waals surface area contributed by atoms with Gasteiger partial charge in [-0.15, -0.1) is 0 Å². The third-order valence-corrected chi connectivity index (χ3v) is 13.4. The molecule has 1 atom stereocenters. The van der Waals surface area contributed by atoms with Crippen molar-refractivity contribution in [3.8, 4) is 23.0 Å². The number of fused-ring (bicyclic) bond motifs is 6. The van der Waals surface area contributed by atoms with Crippen LogP contribution in [0.15, 0.2) is 24.3 Å². The van der Waals surface area contributed by atoms with Crippen LogP contribution in [0, 0.1) is 14.3 Å². The van der Waals surface area contributed by atoms with Crippen LogP contribution in [0.2, 0.25) is 10.0 Å². The molecule has 0 fully saturated rings. The highest BCUT2D eigenvalue weighted by atomic mass is 127. The van der Waals surface area contributed by atoms with Gasteiger partial charge < -0.3 is 19.7 Å². The van der Waals surface area contributed by atoms with Crippen LogP contribution in [0.25, 0.3) is 0 Å². The minimum atomic E-state index is -1.46. The number of hydrogen-bond acceptors (Lipinski definition) is 5. The maximum Gasteiger partial charge on any atom is 0.341 e. The van der Waals surface area contributed by atoms with Gasteiger partial charge in [0.2, 0.25) is 0 Å². The van der Waals surface area contributed by atoms with Crippen molar-refractivity contribution in [3.63, 3.8) is 0 Å². The molecule has 3 aromatic carbocycles. The number of phenolic OH excluding ortho intramolecular Hbond substituents is 2. The summed E-state index contributed by atoms with van der Waals surface area (Å²) in [6.07, 6.45) is 0. The molecule has 5 rings (SSSR count). The number of phenols is 2. The molecule has 2 N–H and O–H groups in total. The molecule has 158 valence electrons. The van der Waals surface area contributed by atoms with Crippen molar-refractivity contribution in [2.75, 3.05) is 0 Å². The number of halogens is 6. The summed E-state index contributed by atoms with van der Waals surface area (Å²) in [4.78, 5) is 13.3. The Kier molecular flexibility index (Phi) is 5.72. The van der Waals surface area contributed by atoms with E-state index >= 15 is 0 Å². The summed E-state index contributed by atoms with van der Waals surface area (Å²) in [6.45, 7) is 0. The molecule has 0 saturated heterocycles. The van der Waals surface area contributed by atoms with Crippen LogP contribution >= 0.6 is 114 Å². The van der Waals surface area contributed by atoms with E-state index in [1.807, 2.05) is 0 Å². The number of hydrogen-bond donors (Lipinski definition) is 2. The molecule has 0 radical (unpaired) electrons. The van der Waals surface area contributed by atoms with Gasteiger partial charge in [0.15, 0.2) is 5.60 Å². The SMILES string of the molecule is O=C1OC2(c3ccc(O)cc3Oc3cc(O)c(Cl)c(Cl)c32)c2c(I)c(I)c(I)c(I)c21. The van der Waals surface area contributed by atoms with Crippen molar-refractivity contribution in [2.24, 2.45) is 0 Å². The molecule has 2 aliphatic heterocycles. The molecule has 3 aromatic rings. The van der Waals surface area contributed by atoms with E-state index in [4.69, 9.17) is 32.7 Å². The second-order valence-corrected chi connectivity index (χ2v) is 11.8. The molecule has 31 heavy (non-hydrogen) atoms.